The molecule has 1 saturated carbocycles. The molecule has 1 aliphatic carbocycles. The molecule has 0 amide bonds. The molecule has 1 N–H and O–H groups in total. The molecule has 3 unspecified atom stereocenters. The minimum atomic E-state index is 0.328. The molecule has 0 radical (unpaired) electrons. The summed E-state index contributed by atoms with van der Waals surface area (Å²) in [5.41, 5.74) is 0.328. The molecule has 3 atom stereocenters. The van der Waals surface area contributed by atoms with Gasteiger partial charge in [0, 0.05) is 37.1 Å². The smallest absolute Gasteiger partial charge is 0.0309 e. The second-order valence-corrected chi connectivity index (χ2v) is 6.06. The van der Waals surface area contributed by atoms with Crippen molar-refractivity contribution in [3.8, 4) is 12.3 Å². The lowest BCUT2D eigenvalue weighted by Gasteiger charge is -2.48. The van der Waals surface area contributed by atoms with Gasteiger partial charge in [-0.1, -0.05) is 6.92 Å². The topological polar surface area (TPSA) is 15.3 Å². The third kappa shape index (κ3) is 2.67. The predicted octanol–water partition coefficient (Wildman–Crippen LogP) is 2.25. The molecule has 0 aromatic rings. The minimum Gasteiger partial charge on any atom is -0.308 e. The molecular weight excluding hydrogens is 208 g/mol. The van der Waals surface area contributed by atoms with Gasteiger partial charge in [0.15, 0.2) is 0 Å². The molecule has 2 nitrogen and oxygen atoms in total. The van der Waals surface area contributed by atoms with E-state index in [0.717, 1.165) is 18.9 Å². The lowest BCUT2D eigenvalue weighted by molar-refractivity contribution is 0.0439. The highest BCUT2D eigenvalue weighted by atomic mass is 15.3. The van der Waals surface area contributed by atoms with Crippen LogP contribution in [0.15, 0.2) is 0 Å². The van der Waals surface area contributed by atoms with Crippen molar-refractivity contribution in [2.75, 3.05) is 13.1 Å². The van der Waals surface area contributed by atoms with Crippen LogP contribution in [0, 0.1) is 18.3 Å². The van der Waals surface area contributed by atoms with E-state index in [-0.39, 0.29) is 0 Å². The van der Waals surface area contributed by atoms with Crippen molar-refractivity contribution in [3.05, 3.63) is 0 Å². The van der Waals surface area contributed by atoms with E-state index < -0.39 is 0 Å². The fourth-order valence-electron chi connectivity index (χ4n) is 3.21. The van der Waals surface area contributed by atoms with Crippen LogP contribution in [0.4, 0.5) is 0 Å². The van der Waals surface area contributed by atoms with E-state index in [1.54, 1.807) is 0 Å². The number of rotatable bonds is 4. The molecule has 0 bridgehead atoms. The van der Waals surface area contributed by atoms with Gasteiger partial charge in [0.2, 0.25) is 0 Å². The van der Waals surface area contributed by atoms with Gasteiger partial charge in [0.05, 0.1) is 0 Å². The Morgan fingerprint density at radius 3 is 2.76 bits per heavy atom. The Balaban J connectivity index is 2.05. The summed E-state index contributed by atoms with van der Waals surface area (Å²) in [7, 11) is 0. The first kappa shape index (κ1) is 12.9. The highest BCUT2D eigenvalue weighted by Gasteiger charge is 2.46. The van der Waals surface area contributed by atoms with Gasteiger partial charge in [-0.15, -0.1) is 12.3 Å². The van der Waals surface area contributed by atoms with Gasteiger partial charge in [-0.25, -0.2) is 0 Å². The van der Waals surface area contributed by atoms with Crippen LogP contribution in [-0.2, 0) is 0 Å². The van der Waals surface area contributed by atoms with Crippen LogP contribution in [0.25, 0.3) is 0 Å². The summed E-state index contributed by atoms with van der Waals surface area (Å²) in [5.74, 6) is 3.71. The molecular formula is C15H26N2. The maximum absolute atomic E-state index is 5.47. The minimum absolute atomic E-state index is 0.328. The fraction of sp³-hybridized carbons (Fsp3) is 0.867. The van der Waals surface area contributed by atoms with Crippen LogP contribution >= 0.6 is 0 Å². The van der Waals surface area contributed by atoms with Crippen LogP contribution in [0.3, 0.4) is 0 Å². The molecule has 1 aliphatic heterocycles. The monoisotopic (exact) mass is 234 g/mol. The van der Waals surface area contributed by atoms with Crippen molar-refractivity contribution in [1.29, 1.82) is 0 Å². The number of nitrogens with zero attached hydrogens (tertiary/aromatic N) is 1. The Kier molecular flexibility index (Phi) is 3.80. The van der Waals surface area contributed by atoms with Crippen molar-refractivity contribution < 1.29 is 0 Å². The van der Waals surface area contributed by atoms with Crippen LogP contribution in [0.2, 0.25) is 0 Å². The van der Waals surface area contributed by atoms with Crippen molar-refractivity contribution in [2.45, 2.75) is 64.1 Å². The molecule has 96 valence electrons. The fourth-order valence-corrected chi connectivity index (χ4v) is 3.21. The Bertz CT molecular complexity index is 303. The number of hydrogen-bond donors (Lipinski definition) is 1. The van der Waals surface area contributed by atoms with Gasteiger partial charge in [0.25, 0.3) is 0 Å². The summed E-state index contributed by atoms with van der Waals surface area (Å²) >= 11 is 0. The van der Waals surface area contributed by atoms with Crippen molar-refractivity contribution in [2.24, 2.45) is 5.92 Å². The van der Waals surface area contributed by atoms with Crippen molar-refractivity contribution in [3.63, 3.8) is 0 Å². The highest BCUT2D eigenvalue weighted by Crippen LogP contribution is 2.41. The van der Waals surface area contributed by atoms with Gasteiger partial charge in [-0.05, 0) is 39.0 Å². The predicted molar refractivity (Wildman–Crippen MR) is 72.8 cm³/mol. The first-order valence-corrected chi connectivity index (χ1v) is 7.05. The van der Waals surface area contributed by atoms with Crippen molar-refractivity contribution in [1.82, 2.24) is 10.2 Å². The Labute approximate surface area is 106 Å². The summed E-state index contributed by atoms with van der Waals surface area (Å²) < 4.78 is 0. The summed E-state index contributed by atoms with van der Waals surface area (Å²) in [4.78, 5) is 2.65. The summed E-state index contributed by atoms with van der Waals surface area (Å²) in [5, 5.41) is 3.79. The Morgan fingerprint density at radius 2 is 2.24 bits per heavy atom. The molecule has 0 aromatic carbocycles. The van der Waals surface area contributed by atoms with Gasteiger partial charge in [0.1, 0.15) is 0 Å². The normalized spacial score (nSPS) is 36.5. The molecule has 0 spiro atoms. The number of terminal acetylenes is 1. The maximum Gasteiger partial charge on any atom is 0.0309 e. The zero-order chi connectivity index (χ0) is 12.5. The average molecular weight is 234 g/mol. The quantitative estimate of drug-likeness (QED) is 0.751. The lowest BCUT2D eigenvalue weighted by Crippen LogP contribution is -2.65. The van der Waals surface area contributed by atoms with Crippen molar-refractivity contribution >= 4 is 0 Å². The SMILES string of the molecule is C#CCC(C)N1CC(C)(C2CC2)NCC1CC. The van der Waals surface area contributed by atoms with E-state index in [1.165, 1.54) is 25.8 Å². The third-order valence-electron chi connectivity index (χ3n) is 4.65. The molecule has 2 fully saturated rings. The Hall–Kier alpha value is -0.520. The van der Waals surface area contributed by atoms with E-state index in [9.17, 15) is 0 Å². The molecule has 2 heteroatoms. The largest absolute Gasteiger partial charge is 0.308 e. The van der Waals surface area contributed by atoms with Gasteiger partial charge in [-0.2, -0.15) is 0 Å². The standard InChI is InChI=1S/C15H26N2/c1-5-7-12(3)17-11-15(4,13-8-9-13)16-10-14(17)6-2/h1,12-14,16H,6-11H2,2-4H3. The first-order chi connectivity index (χ1) is 8.10. The zero-order valence-corrected chi connectivity index (χ0v) is 11.5. The van der Waals surface area contributed by atoms with Gasteiger partial charge < -0.3 is 5.32 Å². The van der Waals surface area contributed by atoms with Gasteiger partial charge in [-0.3, -0.25) is 4.90 Å². The number of hydrogen-bond acceptors (Lipinski definition) is 2. The number of piperazine rings is 1. The maximum atomic E-state index is 5.47. The van der Waals surface area contributed by atoms with E-state index >= 15 is 0 Å². The average Bonchev–Trinajstić information content (AvgIpc) is 3.13. The van der Waals surface area contributed by atoms with Crippen LogP contribution in [0.5, 0.6) is 0 Å². The van der Waals surface area contributed by atoms with E-state index in [4.69, 9.17) is 6.42 Å². The summed E-state index contributed by atoms with van der Waals surface area (Å²) in [6.07, 6.45) is 10.4. The molecule has 2 rings (SSSR count). The molecule has 1 heterocycles. The van der Waals surface area contributed by atoms with Crippen LogP contribution in [0.1, 0.15) is 46.5 Å². The first-order valence-electron chi connectivity index (χ1n) is 7.05. The van der Waals surface area contributed by atoms with Crippen LogP contribution < -0.4 is 5.32 Å². The zero-order valence-electron chi connectivity index (χ0n) is 11.5. The summed E-state index contributed by atoms with van der Waals surface area (Å²) in [6, 6.07) is 1.18. The second kappa shape index (κ2) is 5.00. The molecule has 17 heavy (non-hydrogen) atoms. The summed E-state index contributed by atoms with van der Waals surface area (Å²) in [6.45, 7) is 9.24. The lowest BCUT2D eigenvalue weighted by atomic mass is 9.89. The van der Waals surface area contributed by atoms with E-state index in [2.05, 4.69) is 36.9 Å². The highest BCUT2D eigenvalue weighted by molar-refractivity contribution is 5.05. The van der Waals surface area contributed by atoms with E-state index in [0.29, 0.717) is 17.6 Å². The molecule has 1 saturated heterocycles. The van der Waals surface area contributed by atoms with E-state index in [1.807, 2.05) is 0 Å². The second-order valence-electron chi connectivity index (χ2n) is 6.06. The third-order valence-corrected chi connectivity index (χ3v) is 4.65. The van der Waals surface area contributed by atoms with Gasteiger partial charge >= 0.3 is 0 Å². The molecule has 2 aliphatic rings. The number of nitrogens with one attached hydrogen (secondary N) is 1. The Morgan fingerprint density at radius 1 is 1.53 bits per heavy atom. The van der Waals surface area contributed by atoms with Crippen LogP contribution in [-0.4, -0.2) is 35.6 Å². The molecule has 0 aromatic heterocycles.